The Bertz CT molecular complexity index is 609. The zero-order valence-corrected chi connectivity index (χ0v) is 11.4. The van der Waals surface area contributed by atoms with Crippen molar-refractivity contribution in [1.29, 1.82) is 0 Å². The molecule has 1 N–H and O–H groups in total. The lowest BCUT2D eigenvalue weighted by atomic mass is 10.1. The number of benzene rings is 1. The third kappa shape index (κ3) is 2.36. The van der Waals surface area contributed by atoms with E-state index >= 15 is 0 Å². The number of amides is 1. The maximum absolute atomic E-state index is 12.5. The molecule has 1 aromatic carbocycles. The first-order valence-electron chi connectivity index (χ1n) is 6.71. The number of aryl methyl sites for hydroxylation is 1. The summed E-state index contributed by atoms with van der Waals surface area (Å²) in [5.74, 6) is 0.147. The van der Waals surface area contributed by atoms with Crippen molar-refractivity contribution < 1.29 is 4.79 Å². The van der Waals surface area contributed by atoms with E-state index in [1.807, 2.05) is 30.0 Å². The van der Waals surface area contributed by atoms with Crippen LogP contribution in [0.25, 0.3) is 10.9 Å². The number of rotatable bonds is 1. The second-order valence-corrected chi connectivity index (χ2v) is 5.35. The lowest BCUT2D eigenvalue weighted by Crippen LogP contribution is -2.47. The molecule has 0 spiro atoms. The molecule has 0 atom stereocenters. The molecule has 19 heavy (non-hydrogen) atoms. The van der Waals surface area contributed by atoms with Crippen molar-refractivity contribution in [3.05, 3.63) is 35.5 Å². The van der Waals surface area contributed by atoms with Gasteiger partial charge < -0.3 is 14.8 Å². The summed E-state index contributed by atoms with van der Waals surface area (Å²) in [5.41, 5.74) is 3.00. The van der Waals surface area contributed by atoms with E-state index in [1.165, 1.54) is 0 Å². The van der Waals surface area contributed by atoms with Gasteiger partial charge in [0.05, 0.1) is 0 Å². The Morgan fingerprint density at radius 1 is 1.16 bits per heavy atom. The number of H-pyrrole nitrogens is 1. The van der Waals surface area contributed by atoms with E-state index < -0.39 is 0 Å². The largest absolute Gasteiger partial charge is 0.359 e. The van der Waals surface area contributed by atoms with Gasteiger partial charge in [-0.2, -0.15) is 0 Å². The number of hydrogen-bond donors (Lipinski definition) is 1. The third-order valence-corrected chi connectivity index (χ3v) is 3.79. The van der Waals surface area contributed by atoms with Crippen molar-refractivity contribution in [2.45, 2.75) is 6.92 Å². The molecule has 0 bridgehead atoms. The van der Waals surface area contributed by atoms with Gasteiger partial charge in [0.2, 0.25) is 0 Å². The third-order valence-electron chi connectivity index (χ3n) is 3.79. The van der Waals surface area contributed by atoms with E-state index in [0.717, 1.165) is 48.3 Å². The molecule has 1 aromatic heterocycles. The average molecular weight is 257 g/mol. The van der Waals surface area contributed by atoms with Gasteiger partial charge in [-0.3, -0.25) is 4.79 Å². The predicted molar refractivity (Wildman–Crippen MR) is 76.4 cm³/mol. The molecule has 0 saturated carbocycles. The minimum absolute atomic E-state index is 0.147. The molecule has 1 amide bonds. The predicted octanol–water partition coefficient (Wildman–Crippen LogP) is 1.86. The van der Waals surface area contributed by atoms with Crippen molar-refractivity contribution in [2.24, 2.45) is 0 Å². The van der Waals surface area contributed by atoms with Gasteiger partial charge in [0, 0.05) is 48.3 Å². The maximum atomic E-state index is 12.5. The molecular formula is C15H19N3O. The summed E-state index contributed by atoms with van der Waals surface area (Å²) in [7, 11) is 2.09. The van der Waals surface area contributed by atoms with Gasteiger partial charge in [-0.1, -0.05) is 0 Å². The van der Waals surface area contributed by atoms with Crippen LogP contribution in [0, 0.1) is 6.92 Å². The highest BCUT2D eigenvalue weighted by Gasteiger charge is 2.20. The summed E-state index contributed by atoms with van der Waals surface area (Å²) in [4.78, 5) is 19.9. The SMILES string of the molecule is Cc1cc2cc(C(=O)N3CCN(C)CC3)ccc2[nH]1. The van der Waals surface area contributed by atoms with E-state index in [9.17, 15) is 4.79 Å². The normalized spacial score (nSPS) is 17.1. The smallest absolute Gasteiger partial charge is 0.253 e. The number of carbonyl (C=O) groups excluding carboxylic acids is 1. The number of aromatic nitrogens is 1. The van der Waals surface area contributed by atoms with Gasteiger partial charge in [0.15, 0.2) is 0 Å². The Balaban J connectivity index is 1.84. The van der Waals surface area contributed by atoms with Crippen molar-refractivity contribution >= 4 is 16.8 Å². The van der Waals surface area contributed by atoms with Gasteiger partial charge in [0.25, 0.3) is 5.91 Å². The monoisotopic (exact) mass is 257 g/mol. The highest BCUT2D eigenvalue weighted by atomic mass is 16.2. The fourth-order valence-corrected chi connectivity index (χ4v) is 2.60. The number of nitrogens with one attached hydrogen (secondary N) is 1. The van der Waals surface area contributed by atoms with Crippen LogP contribution < -0.4 is 0 Å². The molecule has 1 aliphatic rings. The van der Waals surface area contributed by atoms with Gasteiger partial charge in [0.1, 0.15) is 0 Å². The number of piperazine rings is 1. The summed E-state index contributed by atoms with van der Waals surface area (Å²) in [5, 5.41) is 1.11. The molecule has 100 valence electrons. The van der Waals surface area contributed by atoms with Gasteiger partial charge in [-0.25, -0.2) is 0 Å². The molecule has 4 heteroatoms. The van der Waals surface area contributed by atoms with Crippen LogP contribution in [0.15, 0.2) is 24.3 Å². The fourth-order valence-electron chi connectivity index (χ4n) is 2.60. The quantitative estimate of drug-likeness (QED) is 0.847. The Hall–Kier alpha value is -1.81. The standard InChI is InChI=1S/C15H19N3O/c1-11-9-13-10-12(3-4-14(13)16-11)15(19)18-7-5-17(2)6-8-18/h3-4,9-10,16H,5-8H2,1-2H3. The van der Waals surface area contributed by atoms with Crippen LogP contribution in [0.2, 0.25) is 0 Å². The van der Waals surface area contributed by atoms with Crippen molar-refractivity contribution in [2.75, 3.05) is 33.2 Å². The van der Waals surface area contributed by atoms with Crippen LogP contribution in [0.4, 0.5) is 0 Å². The topological polar surface area (TPSA) is 39.3 Å². The summed E-state index contributed by atoms with van der Waals surface area (Å²) in [6, 6.07) is 7.97. The van der Waals surface area contributed by atoms with Gasteiger partial charge in [-0.15, -0.1) is 0 Å². The highest BCUT2D eigenvalue weighted by molar-refractivity contribution is 5.98. The average Bonchev–Trinajstić information content (AvgIpc) is 2.77. The first-order valence-corrected chi connectivity index (χ1v) is 6.71. The second-order valence-electron chi connectivity index (χ2n) is 5.35. The van der Waals surface area contributed by atoms with Crippen LogP contribution in [-0.2, 0) is 0 Å². The van der Waals surface area contributed by atoms with Crippen LogP contribution in [0.3, 0.4) is 0 Å². The minimum Gasteiger partial charge on any atom is -0.359 e. The molecule has 2 aromatic rings. The molecule has 1 saturated heterocycles. The summed E-state index contributed by atoms with van der Waals surface area (Å²) in [6.45, 7) is 5.58. The molecule has 1 aliphatic heterocycles. The Morgan fingerprint density at radius 3 is 2.63 bits per heavy atom. The molecule has 0 unspecified atom stereocenters. The first kappa shape index (κ1) is 12.2. The summed E-state index contributed by atoms with van der Waals surface area (Å²) < 4.78 is 0. The number of fused-ring (bicyclic) bond motifs is 1. The molecule has 0 aliphatic carbocycles. The van der Waals surface area contributed by atoms with E-state index in [4.69, 9.17) is 0 Å². The Labute approximate surface area is 113 Å². The van der Waals surface area contributed by atoms with E-state index in [2.05, 4.69) is 23.0 Å². The van der Waals surface area contributed by atoms with Crippen LogP contribution in [0.5, 0.6) is 0 Å². The minimum atomic E-state index is 0.147. The molecule has 1 fully saturated rings. The molecule has 4 nitrogen and oxygen atoms in total. The molecule has 0 radical (unpaired) electrons. The number of nitrogens with zero attached hydrogens (tertiary/aromatic N) is 2. The summed E-state index contributed by atoms with van der Waals surface area (Å²) in [6.07, 6.45) is 0. The highest BCUT2D eigenvalue weighted by Crippen LogP contribution is 2.18. The number of carbonyl (C=O) groups is 1. The van der Waals surface area contributed by atoms with Crippen molar-refractivity contribution in [3.8, 4) is 0 Å². The Morgan fingerprint density at radius 2 is 1.89 bits per heavy atom. The van der Waals surface area contributed by atoms with Gasteiger partial charge in [-0.05, 0) is 38.2 Å². The molecule has 3 rings (SSSR count). The van der Waals surface area contributed by atoms with Crippen molar-refractivity contribution in [3.63, 3.8) is 0 Å². The fraction of sp³-hybridized carbons (Fsp3) is 0.400. The van der Waals surface area contributed by atoms with Crippen molar-refractivity contribution in [1.82, 2.24) is 14.8 Å². The zero-order valence-electron chi connectivity index (χ0n) is 11.4. The van der Waals surface area contributed by atoms with Crippen LogP contribution in [0.1, 0.15) is 16.1 Å². The summed E-state index contributed by atoms with van der Waals surface area (Å²) >= 11 is 0. The van der Waals surface area contributed by atoms with Gasteiger partial charge >= 0.3 is 0 Å². The van der Waals surface area contributed by atoms with Crippen LogP contribution >= 0.6 is 0 Å². The lowest BCUT2D eigenvalue weighted by molar-refractivity contribution is 0.0664. The zero-order chi connectivity index (χ0) is 13.4. The van der Waals surface area contributed by atoms with E-state index in [0.29, 0.717) is 0 Å². The second kappa shape index (κ2) is 4.70. The first-order chi connectivity index (χ1) is 9.13. The van der Waals surface area contributed by atoms with E-state index in [-0.39, 0.29) is 5.91 Å². The molecule has 2 heterocycles. The maximum Gasteiger partial charge on any atom is 0.253 e. The Kier molecular flexibility index (Phi) is 3.03. The van der Waals surface area contributed by atoms with E-state index in [1.54, 1.807) is 0 Å². The lowest BCUT2D eigenvalue weighted by Gasteiger charge is -2.32. The molecular weight excluding hydrogens is 238 g/mol. The number of hydrogen-bond acceptors (Lipinski definition) is 2. The number of aromatic amines is 1. The van der Waals surface area contributed by atoms with Crippen LogP contribution in [-0.4, -0.2) is 53.9 Å². The number of likely N-dealkylation sites (N-methyl/N-ethyl adjacent to an activating group) is 1.